The molecule has 0 amide bonds. The Morgan fingerprint density at radius 1 is 1.42 bits per heavy atom. The van der Waals surface area contributed by atoms with Gasteiger partial charge in [-0.25, -0.2) is 0 Å². The normalized spacial score (nSPS) is 18.4. The van der Waals surface area contributed by atoms with E-state index in [0.29, 0.717) is 30.7 Å². The molecule has 19 heavy (non-hydrogen) atoms. The molecule has 0 spiro atoms. The van der Waals surface area contributed by atoms with Gasteiger partial charge in [0.1, 0.15) is 0 Å². The summed E-state index contributed by atoms with van der Waals surface area (Å²) in [7, 11) is 0. The number of nitrogens with two attached hydrogens (primary N) is 1. The Hall–Kier alpha value is -1.88. The number of para-hydroxylation sites is 1. The van der Waals surface area contributed by atoms with Gasteiger partial charge in [-0.05, 0) is 24.0 Å². The topological polar surface area (TPSA) is 68.2 Å². The van der Waals surface area contributed by atoms with Crippen LogP contribution in [0.5, 0.6) is 0 Å². The minimum Gasteiger partial charge on any atom is -0.364 e. The van der Waals surface area contributed by atoms with E-state index in [1.807, 2.05) is 0 Å². The highest BCUT2D eigenvalue weighted by Gasteiger charge is 2.22. The zero-order valence-electron chi connectivity index (χ0n) is 11.0. The standard InChI is InChI=1S/C14H18N4O/c1-10-6-7-18(12-5-3-2-4-11(10)12)9-13-16-14(8-15)19-17-13/h2-5,10H,6-9,15H2,1H3. The average molecular weight is 258 g/mol. The number of rotatable bonds is 3. The van der Waals surface area contributed by atoms with Gasteiger partial charge in [0.25, 0.3) is 0 Å². The summed E-state index contributed by atoms with van der Waals surface area (Å²) in [5.74, 6) is 1.80. The van der Waals surface area contributed by atoms with Gasteiger partial charge < -0.3 is 15.2 Å². The van der Waals surface area contributed by atoms with E-state index in [1.165, 1.54) is 11.3 Å². The summed E-state index contributed by atoms with van der Waals surface area (Å²) >= 11 is 0. The minimum atomic E-state index is 0.292. The largest absolute Gasteiger partial charge is 0.364 e. The second-order valence-electron chi connectivity index (χ2n) is 4.98. The number of anilines is 1. The van der Waals surface area contributed by atoms with Crippen LogP contribution in [0.2, 0.25) is 0 Å². The van der Waals surface area contributed by atoms with Gasteiger partial charge in [-0.3, -0.25) is 0 Å². The van der Waals surface area contributed by atoms with Crippen LogP contribution >= 0.6 is 0 Å². The summed E-state index contributed by atoms with van der Waals surface area (Å²) in [6, 6.07) is 8.54. The van der Waals surface area contributed by atoms with Crippen LogP contribution in [0.25, 0.3) is 0 Å². The van der Waals surface area contributed by atoms with E-state index in [9.17, 15) is 0 Å². The monoisotopic (exact) mass is 258 g/mol. The first-order valence-electron chi connectivity index (χ1n) is 6.63. The number of hydrogen-bond donors (Lipinski definition) is 1. The van der Waals surface area contributed by atoms with Crippen LogP contribution in [0, 0.1) is 0 Å². The SMILES string of the molecule is CC1CCN(Cc2noc(CN)n2)c2ccccc21. The molecule has 3 rings (SSSR count). The highest BCUT2D eigenvalue weighted by molar-refractivity contribution is 5.56. The van der Waals surface area contributed by atoms with Gasteiger partial charge >= 0.3 is 0 Å². The van der Waals surface area contributed by atoms with Gasteiger partial charge in [0, 0.05) is 12.2 Å². The molecule has 0 fully saturated rings. The first-order valence-corrected chi connectivity index (χ1v) is 6.63. The molecular formula is C14H18N4O. The molecule has 5 heteroatoms. The summed E-state index contributed by atoms with van der Waals surface area (Å²) in [6.45, 7) is 4.26. The molecule has 1 aliphatic rings. The van der Waals surface area contributed by atoms with E-state index in [1.54, 1.807) is 0 Å². The van der Waals surface area contributed by atoms with Crippen molar-refractivity contribution in [3.8, 4) is 0 Å². The van der Waals surface area contributed by atoms with E-state index < -0.39 is 0 Å². The minimum absolute atomic E-state index is 0.292. The molecule has 2 heterocycles. The van der Waals surface area contributed by atoms with Crippen molar-refractivity contribution in [3.05, 3.63) is 41.5 Å². The molecule has 1 aromatic heterocycles. The predicted molar refractivity (Wildman–Crippen MR) is 72.7 cm³/mol. The summed E-state index contributed by atoms with van der Waals surface area (Å²) in [4.78, 5) is 6.58. The molecule has 0 bridgehead atoms. The number of fused-ring (bicyclic) bond motifs is 1. The first kappa shape index (κ1) is 12.2. The Kier molecular flexibility index (Phi) is 3.21. The Labute approximate surface area is 112 Å². The molecule has 100 valence electrons. The zero-order chi connectivity index (χ0) is 13.2. The molecule has 0 radical (unpaired) electrons. The second kappa shape index (κ2) is 5.01. The van der Waals surface area contributed by atoms with Crippen LogP contribution in [0.15, 0.2) is 28.8 Å². The zero-order valence-corrected chi connectivity index (χ0v) is 11.0. The van der Waals surface area contributed by atoms with Crippen LogP contribution < -0.4 is 10.6 Å². The molecule has 1 aromatic carbocycles. The van der Waals surface area contributed by atoms with Crippen molar-refractivity contribution in [1.29, 1.82) is 0 Å². The third-order valence-corrected chi connectivity index (χ3v) is 3.66. The maximum Gasteiger partial charge on any atom is 0.240 e. The molecule has 0 saturated heterocycles. The Balaban J connectivity index is 1.84. The van der Waals surface area contributed by atoms with E-state index in [4.69, 9.17) is 10.3 Å². The highest BCUT2D eigenvalue weighted by atomic mass is 16.5. The summed E-state index contributed by atoms with van der Waals surface area (Å²) < 4.78 is 5.05. The van der Waals surface area contributed by atoms with Crippen molar-refractivity contribution in [1.82, 2.24) is 10.1 Å². The van der Waals surface area contributed by atoms with Gasteiger partial charge in [0.15, 0.2) is 5.82 Å². The van der Waals surface area contributed by atoms with E-state index >= 15 is 0 Å². The third kappa shape index (κ3) is 2.33. The van der Waals surface area contributed by atoms with Crippen molar-refractivity contribution in [3.63, 3.8) is 0 Å². The Morgan fingerprint density at radius 3 is 3.05 bits per heavy atom. The van der Waals surface area contributed by atoms with Crippen molar-refractivity contribution in [2.24, 2.45) is 5.73 Å². The van der Waals surface area contributed by atoms with Crippen LogP contribution in [-0.4, -0.2) is 16.7 Å². The molecule has 2 N–H and O–H groups in total. The number of aromatic nitrogens is 2. The molecule has 1 unspecified atom stereocenters. The lowest BCUT2D eigenvalue weighted by atomic mass is 9.91. The Bertz CT molecular complexity index is 566. The lowest BCUT2D eigenvalue weighted by molar-refractivity contribution is 0.374. The van der Waals surface area contributed by atoms with Crippen molar-refractivity contribution < 1.29 is 4.52 Å². The van der Waals surface area contributed by atoms with Gasteiger partial charge in [-0.1, -0.05) is 30.3 Å². The van der Waals surface area contributed by atoms with Crippen molar-refractivity contribution >= 4 is 5.69 Å². The van der Waals surface area contributed by atoms with E-state index in [2.05, 4.69) is 46.2 Å². The fraction of sp³-hybridized carbons (Fsp3) is 0.429. The molecule has 1 atom stereocenters. The molecule has 5 nitrogen and oxygen atoms in total. The van der Waals surface area contributed by atoms with Crippen LogP contribution in [-0.2, 0) is 13.1 Å². The van der Waals surface area contributed by atoms with Crippen LogP contribution in [0.4, 0.5) is 5.69 Å². The highest BCUT2D eigenvalue weighted by Crippen LogP contribution is 2.35. The summed E-state index contributed by atoms with van der Waals surface area (Å²) in [6.07, 6.45) is 1.15. The maximum absolute atomic E-state index is 5.48. The lowest BCUT2D eigenvalue weighted by Gasteiger charge is -2.33. The maximum atomic E-state index is 5.48. The molecule has 1 aliphatic heterocycles. The quantitative estimate of drug-likeness (QED) is 0.912. The van der Waals surface area contributed by atoms with Gasteiger partial charge in [-0.2, -0.15) is 4.98 Å². The molecular weight excluding hydrogens is 240 g/mol. The number of hydrogen-bond acceptors (Lipinski definition) is 5. The van der Waals surface area contributed by atoms with E-state index in [-0.39, 0.29) is 0 Å². The van der Waals surface area contributed by atoms with Crippen molar-refractivity contribution in [2.45, 2.75) is 32.4 Å². The molecule has 2 aromatic rings. The third-order valence-electron chi connectivity index (χ3n) is 3.66. The fourth-order valence-corrected chi connectivity index (χ4v) is 2.59. The molecule has 0 saturated carbocycles. The second-order valence-corrected chi connectivity index (χ2v) is 4.98. The fourth-order valence-electron chi connectivity index (χ4n) is 2.59. The van der Waals surface area contributed by atoms with Crippen LogP contribution in [0.3, 0.4) is 0 Å². The predicted octanol–water partition coefficient (Wildman–Crippen LogP) is 2.04. The van der Waals surface area contributed by atoms with Crippen LogP contribution in [0.1, 0.15) is 36.5 Å². The van der Waals surface area contributed by atoms with Crippen molar-refractivity contribution in [2.75, 3.05) is 11.4 Å². The average Bonchev–Trinajstić information content (AvgIpc) is 2.90. The van der Waals surface area contributed by atoms with Gasteiger partial charge in [-0.15, -0.1) is 0 Å². The number of benzene rings is 1. The van der Waals surface area contributed by atoms with Gasteiger partial charge in [0.05, 0.1) is 13.1 Å². The summed E-state index contributed by atoms with van der Waals surface area (Å²) in [5, 5.41) is 3.97. The lowest BCUT2D eigenvalue weighted by Crippen LogP contribution is -2.30. The van der Waals surface area contributed by atoms with Gasteiger partial charge in [0.2, 0.25) is 5.89 Å². The van der Waals surface area contributed by atoms with E-state index in [0.717, 1.165) is 13.0 Å². The smallest absolute Gasteiger partial charge is 0.240 e. The number of nitrogens with zero attached hydrogens (tertiary/aromatic N) is 3. The molecule has 0 aliphatic carbocycles. The summed E-state index contributed by atoms with van der Waals surface area (Å²) in [5.41, 5.74) is 8.16. The first-order chi connectivity index (χ1) is 9.28. The Morgan fingerprint density at radius 2 is 2.26 bits per heavy atom.